The van der Waals surface area contributed by atoms with Crippen LogP contribution < -0.4 is 23.3 Å². The summed E-state index contributed by atoms with van der Waals surface area (Å²) in [6.07, 6.45) is 2.10. The SMILES string of the molecule is COc1cc2c(-c3ccc(-c4ccccc4)cc3)c3c4ccc(OC)c(OC)c4cc[n+]3c(C)c2cc1OC. The summed E-state index contributed by atoms with van der Waals surface area (Å²) in [6, 6.07) is 29.5. The molecule has 0 saturated carbocycles. The lowest BCUT2D eigenvalue weighted by atomic mass is 9.92. The molecule has 6 rings (SSSR count). The van der Waals surface area contributed by atoms with Gasteiger partial charge in [-0.1, -0.05) is 54.6 Å². The summed E-state index contributed by atoms with van der Waals surface area (Å²) in [4.78, 5) is 0. The number of pyridine rings is 2. The van der Waals surface area contributed by atoms with E-state index in [-0.39, 0.29) is 0 Å². The first-order valence-electron chi connectivity index (χ1n) is 12.8. The van der Waals surface area contributed by atoms with Crippen LogP contribution in [-0.2, 0) is 0 Å². The van der Waals surface area contributed by atoms with E-state index >= 15 is 0 Å². The Labute approximate surface area is 227 Å². The fourth-order valence-corrected chi connectivity index (χ4v) is 5.61. The molecule has 194 valence electrons. The molecule has 0 N–H and O–H groups in total. The zero-order valence-corrected chi connectivity index (χ0v) is 22.7. The molecule has 0 unspecified atom stereocenters. The summed E-state index contributed by atoms with van der Waals surface area (Å²) in [5.74, 6) is 2.81. The van der Waals surface area contributed by atoms with E-state index in [0.29, 0.717) is 23.0 Å². The summed E-state index contributed by atoms with van der Waals surface area (Å²) in [5.41, 5.74) is 6.75. The average Bonchev–Trinajstić information content (AvgIpc) is 3.00. The van der Waals surface area contributed by atoms with Crippen molar-refractivity contribution in [2.75, 3.05) is 28.4 Å². The standard InChI is InChI=1S/C34H30NO4/c1-21-27-19-30(37-3)31(38-4)20-28(27)32(24-13-11-23(12-14-24)22-9-7-6-8-10-22)33-25-15-16-29(36-2)34(39-5)26(25)17-18-35(21)33/h6-20H,1-5H3/q+1. The molecule has 0 aliphatic heterocycles. The Balaban J connectivity index is 1.76. The van der Waals surface area contributed by atoms with E-state index in [1.54, 1.807) is 28.4 Å². The number of aromatic nitrogens is 1. The van der Waals surface area contributed by atoms with Gasteiger partial charge >= 0.3 is 0 Å². The number of hydrogen-bond donors (Lipinski definition) is 0. The first kappa shape index (κ1) is 24.6. The Hall–Kier alpha value is -4.77. The molecule has 6 aromatic rings. The molecule has 0 spiro atoms. The molecule has 5 nitrogen and oxygen atoms in total. The monoisotopic (exact) mass is 516 g/mol. The fourth-order valence-electron chi connectivity index (χ4n) is 5.61. The number of nitrogens with zero attached hydrogens (tertiary/aromatic N) is 1. The first-order chi connectivity index (χ1) is 19.1. The van der Waals surface area contributed by atoms with E-state index < -0.39 is 0 Å². The summed E-state index contributed by atoms with van der Waals surface area (Å²) in [6.45, 7) is 2.14. The van der Waals surface area contributed by atoms with Crippen molar-refractivity contribution in [3.8, 4) is 45.3 Å². The molecule has 5 heteroatoms. The van der Waals surface area contributed by atoms with Gasteiger partial charge in [-0.05, 0) is 41.0 Å². The third-order valence-electron chi connectivity index (χ3n) is 7.53. The highest BCUT2D eigenvalue weighted by Crippen LogP contribution is 2.43. The van der Waals surface area contributed by atoms with Crippen LogP contribution in [-0.4, -0.2) is 28.4 Å². The zero-order chi connectivity index (χ0) is 27.1. The second-order valence-corrected chi connectivity index (χ2v) is 9.45. The molecule has 0 aliphatic rings. The van der Waals surface area contributed by atoms with Crippen molar-refractivity contribution in [2.24, 2.45) is 0 Å². The number of aryl methyl sites for hydroxylation is 1. The lowest BCUT2D eigenvalue weighted by Crippen LogP contribution is -2.27. The predicted octanol–water partition coefficient (Wildman–Crippen LogP) is 7.41. The molecule has 2 aromatic heterocycles. The molecule has 0 fully saturated rings. The predicted molar refractivity (Wildman–Crippen MR) is 156 cm³/mol. The minimum absolute atomic E-state index is 0.690. The Morgan fingerprint density at radius 3 is 1.77 bits per heavy atom. The molecular weight excluding hydrogens is 486 g/mol. The molecule has 4 aromatic carbocycles. The average molecular weight is 517 g/mol. The number of benzene rings is 4. The van der Waals surface area contributed by atoms with Gasteiger partial charge in [0.25, 0.3) is 0 Å². The van der Waals surface area contributed by atoms with E-state index in [9.17, 15) is 0 Å². The second kappa shape index (κ2) is 9.84. The van der Waals surface area contributed by atoms with E-state index in [1.807, 2.05) is 12.1 Å². The number of rotatable bonds is 6. The lowest BCUT2D eigenvalue weighted by Gasteiger charge is -2.16. The van der Waals surface area contributed by atoms with Crippen molar-refractivity contribution in [3.63, 3.8) is 0 Å². The van der Waals surface area contributed by atoms with E-state index in [2.05, 4.69) is 90.3 Å². The molecule has 0 saturated heterocycles. The smallest absolute Gasteiger partial charge is 0.227 e. The molecule has 2 heterocycles. The van der Waals surface area contributed by atoms with Crippen molar-refractivity contribution in [1.29, 1.82) is 0 Å². The fraction of sp³-hybridized carbons (Fsp3) is 0.147. The van der Waals surface area contributed by atoms with Crippen molar-refractivity contribution >= 4 is 27.1 Å². The second-order valence-electron chi connectivity index (χ2n) is 9.45. The van der Waals surface area contributed by atoms with Gasteiger partial charge in [0.2, 0.25) is 5.52 Å². The van der Waals surface area contributed by atoms with Gasteiger partial charge in [-0.3, -0.25) is 0 Å². The summed E-state index contributed by atoms with van der Waals surface area (Å²) >= 11 is 0. The van der Waals surface area contributed by atoms with Crippen LogP contribution in [0, 0.1) is 6.92 Å². The molecule has 39 heavy (non-hydrogen) atoms. The van der Waals surface area contributed by atoms with Crippen LogP contribution in [0.2, 0.25) is 0 Å². The van der Waals surface area contributed by atoms with Crippen molar-refractivity contribution < 1.29 is 23.3 Å². The van der Waals surface area contributed by atoms with Crippen LogP contribution in [0.4, 0.5) is 0 Å². The van der Waals surface area contributed by atoms with Crippen LogP contribution >= 0.6 is 0 Å². The van der Waals surface area contributed by atoms with Gasteiger partial charge in [-0.2, -0.15) is 4.40 Å². The zero-order valence-electron chi connectivity index (χ0n) is 22.7. The topological polar surface area (TPSA) is 41.0 Å². The number of fused-ring (bicyclic) bond motifs is 4. The van der Waals surface area contributed by atoms with Crippen LogP contribution in [0.3, 0.4) is 0 Å². The van der Waals surface area contributed by atoms with Crippen molar-refractivity contribution in [1.82, 2.24) is 0 Å². The summed E-state index contributed by atoms with van der Waals surface area (Å²) < 4.78 is 25.1. The van der Waals surface area contributed by atoms with Crippen molar-refractivity contribution in [2.45, 2.75) is 6.92 Å². The summed E-state index contributed by atoms with van der Waals surface area (Å²) in [5, 5.41) is 4.22. The maximum Gasteiger partial charge on any atom is 0.227 e. The van der Waals surface area contributed by atoms with Gasteiger partial charge in [0.05, 0.1) is 44.8 Å². The molecule has 0 amide bonds. The van der Waals surface area contributed by atoms with Crippen LogP contribution in [0.15, 0.2) is 91.1 Å². The summed E-state index contributed by atoms with van der Waals surface area (Å²) in [7, 11) is 6.69. The maximum absolute atomic E-state index is 5.82. The molecule has 0 aliphatic carbocycles. The third-order valence-corrected chi connectivity index (χ3v) is 7.53. The highest BCUT2D eigenvalue weighted by atomic mass is 16.5. The highest BCUT2D eigenvalue weighted by Gasteiger charge is 2.26. The van der Waals surface area contributed by atoms with Crippen LogP contribution in [0.25, 0.3) is 49.3 Å². The third kappa shape index (κ3) is 3.89. The number of hydrogen-bond acceptors (Lipinski definition) is 4. The van der Waals surface area contributed by atoms with Gasteiger partial charge < -0.3 is 18.9 Å². The minimum atomic E-state index is 0.690. The highest BCUT2D eigenvalue weighted by molar-refractivity contribution is 6.12. The molecular formula is C34H30NO4+. The first-order valence-corrected chi connectivity index (χ1v) is 12.8. The quantitative estimate of drug-likeness (QED) is 0.131. The lowest BCUT2D eigenvalue weighted by molar-refractivity contribution is -0.516. The van der Waals surface area contributed by atoms with Gasteiger partial charge in [0.1, 0.15) is 0 Å². The van der Waals surface area contributed by atoms with Crippen LogP contribution in [0.1, 0.15) is 5.69 Å². The van der Waals surface area contributed by atoms with E-state index in [1.165, 1.54) is 11.1 Å². The minimum Gasteiger partial charge on any atom is -0.493 e. The Kier molecular flexibility index (Phi) is 6.20. The number of methoxy groups -OCH3 is 4. The van der Waals surface area contributed by atoms with E-state index in [0.717, 1.165) is 43.9 Å². The Morgan fingerprint density at radius 1 is 0.513 bits per heavy atom. The Bertz CT molecular complexity index is 1840. The van der Waals surface area contributed by atoms with Gasteiger partial charge in [0, 0.05) is 23.8 Å². The number of ether oxygens (including phenoxy) is 4. The van der Waals surface area contributed by atoms with Crippen molar-refractivity contribution in [3.05, 3.63) is 96.8 Å². The van der Waals surface area contributed by atoms with E-state index in [4.69, 9.17) is 18.9 Å². The molecule has 0 radical (unpaired) electrons. The maximum atomic E-state index is 5.82. The molecule has 0 atom stereocenters. The van der Waals surface area contributed by atoms with Gasteiger partial charge in [-0.25, -0.2) is 0 Å². The molecule has 0 bridgehead atoms. The largest absolute Gasteiger partial charge is 0.493 e. The van der Waals surface area contributed by atoms with Gasteiger partial charge in [0.15, 0.2) is 34.9 Å². The van der Waals surface area contributed by atoms with Gasteiger partial charge in [-0.15, -0.1) is 0 Å². The Morgan fingerprint density at radius 2 is 1.13 bits per heavy atom. The normalized spacial score (nSPS) is 11.2. The van der Waals surface area contributed by atoms with Crippen LogP contribution in [0.5, 0.6) is 23.0 Å².